The number of carbonyl (C=O) groups excluding carboxylic acids is 3. The molecule has 0 spiro atoms. The number of anilines is 1. The molecule has 1 heterocycles. The van der Waals surface area contributed by atoms with Gasteiger partial charge in [0.15, 0.2) is 6.29 Å². The van der Waals surface area contributed by atoms with Crippen molar-refractivity contribution >= 4 is 29.9 Å². The highest BCUT2D eigenvalue weighted by Crippen LogP contribution is 2.26. The highest BCUT2D eigenvalue weighted by molar-refractivity contribution is 6.24. The summed E-state index contributed by atoms with van der Waals surface area (Å²) in [4.78, 5) is 39.3. The molecule has 1 aliphatic heterocycles. The zero-order valence-electron chi connectivity index (χ0n) is 13.4. The summed E-state index contributed by atoms with van der Waals surface area (Å²) in [6.45, 7) is 0. The largest absolute Gasteiger partial charge is 0.378 e. The number of aldehydes is 1. The first-order chi connectivity index (χ1) is 11.5. The summed E-state index contributed by atoms with van der Waals surface area (Å²) in [5.74, 6) is -0.949. The van der Waals surface area contributed by atoms with Crippen LogP contribution in [0.1, 0.15) is 26.3 Å². The molecule has 0 unspecified atom stereocenters. The Kier molecular flexibility index (Phi) is 4.00. The molecule has 3 rings (SSSR count). The van der Waals surface area contributed by atoms with Crippen molar-refractivity contribution in [2.45, 2.75) is 0 Å². The van der Waals surface area contributed by atoms with E-state index in [2.05, 4.69) is 0 Å². The minimum atomic E-state index is -0.474. The monoisotopic (exact) mass is 320 g/mol. The molecular weight excluding hydrogens is 304 g/mol. The van der Waals surface area contributed by atoms with Crippen molar-refractivity contribution in [2.75, 3.05) is 19.0 Å². The lowest BCUT2D eigenvalue weighted by atomic mass is 10.1. The van der Waals surface area contributed by atoms with Gasteiger partial charge in [-0.3, -0.25) is 14.4 Å². The predicted octanol–water partition coefficient (Wildman–Crippen LogP) is 2.59. The maximum Gasteiger partial charge on any atom is 0.266 e. The molecule has 0 bridgehead atoms. The van der Waals surface area contributed by atoms with E-state index in [0.29, 0.717) is 17.4 Å². The van der Waals surface area contributed by atoms with Crippen molar-refractivity contribution in [1.29, 1.82) is 0 Å². The Labute approximate surface area is 139 Å². The molecular formula is C19H16N2O3. The van der Waals surface area contributed by atoms with Gasteiger partial charge in [-0.1, -0.05) is 24.3 Å². The third kappa shape index (κ3) is 2.60. The average molecular weight is 320 g/mol. The van der Waals surface area contributed by atoms with E-state index in [4.69, 9.17) is 0 Å². The molecule has 5 heteroatoms. The van der Waals surface area contributed by atoms with Crippen LogP contribution in [-0.2, 0) is 4.79 Å². The summed E-state index contributed by atoms with van der Waals surface area (Å²) in [5.41, 5.74) is 2.35. The second-order valence-corrected chi connectivity index (χ2v) is 5.67. The van der Waals surface area contributed by atoms with E-state index < -0.39 is 11.8 Å². The van der Waals surface area contributed by atoms with Crippen molar-refractivity contribution in [1.82, 2.24) is 4.90 Å². The SMILES string of the molecule is CN(C)c1cccc(C=C(C=O)N2C(=O)c3ccccc3C2=O)c1. The highest BCUT2D eigenvalue weighted by atomic mass is 16.2. The second-order valence-electron chi connectivity index (χ2n) is 5.67. The van der Waals surface area contributed by atoms with Crippen LogP contribution in [0.25, 0.3) is 6.08 Å². The Morgan fingerprint density at radius 3 is 2.12 bits per heavy atom. The molecule has 2 aromatic rings. The summed E-state index contributed by atoms with van der Waals surface area (Å²) in [6.07, 6.45) is 2.08. The minimum Gasteiger partial charge on any atom is -0.378 e. The van der Waals surface area contributed by atoms with Gasteiger partial charge in [0, 0.05) is 19.8 Å². The number of carbonyl (C=O) groups is 3. The summed E-state index contributed by atoms with van der Waals surface area (Å²) < 4.78 is 0. The smallest absolute Gasteiger partial charge is 0.266 e. The number of hydrogen-bond donors (Lipinski definition) is 0. The number of nitrogens with zero attached hydrogens (tertiary/aromatic N) is 2. The summed E-state index contributed by atoms with van der Waals surface area (Å²) in [7, 11) is 3.82. The number of allylic oxidation sites excluding steroid dienone is 1. The zero-order valence-corrected chi connectivity index (χ0v) is 13.4. The van der Waals surface area contributed by atoms with Gasteiger partial charge in [-0.2, -0.15) is 0 Å². The van der Waals surface area contributed by atoms with Crippen LogP contribution in [-0.4, -0.2) is 37.1 Å². The van der Waals surface area contributed by atoms with Gasteiger partial charge in [0.1, 0.15) is 0 Å². The predicted molar refractivity (Wildman–Crippen MR) is 91.8 cm³/mol. The van der Waals surface area contributed by atoms with Crippen molar-refractivity contribution in [3.05, 3.63) is 70.9 Å². The van der Waals surface area contributed by atoms with Crippen molar-refractivity contribution in [3.8, 4) is 0 Å². The summed E-state index contributed by atoms with van der Waals surface area (Å²) in [5, 5.41) is 0. The normalized spacial score (nSPS) is 13.9. The molecule has 2 aromatic carbocycles. The fraction of sp³-hybridized carbons (Fsp3) is 0.105. The maximum atomic E-state index is 12.5. The minimum absolute atomic E-state index is 0.0251. The van der Waals surface area contributed by atoms with Gasteiger partial charge >= 0.3 is 0 Å². The molecule has 0 atom stereocenters. The number of rotatable bonds is 4. The molecule has 0 aromatic heterocycles. The average Bonchev–Trinajstić information content (AvgIpc) is 2.85. The Morgan fingerprint density at radius 1 is 0.958 bits per heavy atom. The van der Waals surface area contributed by atoms with Crippen LogP contribution in [0.5, 0.6) is 0 Å². The lowest BCUT2D eigenvalue weighted by Crippen LogP contribution is -2.29. The van der Waals surface area contributed by atoms with Crippen molar-refractivity contribution in [2.24, 2.45) is 0 Å². The molecule has 0 aliphatic carbocycles. The Hall–Kier alpha value is -3.21. The lowest BCUT2D eigenvalue weighted by molar-refractivity contribution is -0.105. The van der Waals surface area contributed by atoms with Gasteiger partial charge in [-0.25, -0.2) is 4.90 Å². The van der Waals surface area contributed by atoms with Gasteiger partial charge in [-0.15, -0.1) is 0 Å². The van der Waals surface area contributed by atoms with E-state index >= 15 is 0 Å². The fourth-order valence-corrected chi connectivity index (χ4v) is 2.64. The molecule has 0 saturated heterocycles. The van der Waals surface area contributed by atoms with Crippen LogP contribution >= 0.6 is 0 Å². The number of amides is 2. The van der Waals surface area contributed by atoms with Crippen molar-refractivity contribution in [3.63, 3.8) is 0 Å². The first-order valence-corrected chi connectivity index (χ1v) is 7.45. The van der Waals surface area contributed by atoms with Crippen molar-refractivity contribution < 1.29 is 14.4 Å². The Bertz CT molecular complexity index is 833. The number of benzene rings is 2. The highest BCUT2D eigenvalue weighted by Gasteiger charge is 2.37. The molecule has 0 saturated carbocycles. The van der Waals surface area contributed by atoms with E-state index in [-0.39, 0.29) is 5.70 Å². The third-order valence-electron chi connectivity index (χ3n) is 3.87. The molecule has 120 valence electrons. The zero-order chi connectivity index (χ0) is 17.3. The topological polar surface area (TPSA) is 57.7 Å². The Morgan fingerprint density at radius 2 is 1.58 bits per heavy atom. The van der Waals surface area contributed by atoms with Gasteiger partial charge in [-0.05, 0) is 35.9 Å². The molecule has 5 nitrogen and oxygen atoms in total. The fourth-order valence-electron chi connectivity index (χ4n) is 2.64. The molecule has 1 aliphatic rings. The number of hydrogen-bond acceptors (Lipinski definition) is 4. The molecule has 0 fully saturated rings. The lowest BCUT2D eigenvalue weighted by Gasteiger charge is -2.15. The molecule has 0 N–H and O–H groups in total. The van der Waals surface area contributed by atoms with E-state index in [1.165, 1.54) is 0 Å². The van der Waals surface area contributed by atoms with Gasteiger partial charge < -0.3 is 4.90 Å². The van der Waals surface area contributed by atoms with E-state index in [9.17, 15) is 14.4 Å². The summed E-state index contributed by atoms with van der Waals surface area (Å²) >= 11 is 0. The van der Waals surface area contributed by atoms with Crippen LogP contribution in [0.3, 0.4) is 0 Å². The van der Waals surface area contributed by atoms with E-state index in [1.807, 2.05) is 43.3 Å². The number of imide groups is 1. The van der Waals surface area contributed by atoms with Crippen LogP contribution in [0.4, 0.5) is 5.69 Å². The first-order valence-electron chi connectivity index (χ1n) is 7.45. The summed E-state index contributed by atoms with van der Waals surface area (Å²) in [6, 6.07) is 14.0. The molecule has 24 heavy (non-hydrogen) atoms. The first kappa shape index (κ1) is 15.7. The second kappa shape index (κ2) is 6.12. The van der Waals surface area contributed by atoms with E-state index in [1.54, 1.807) is 30.3 Å². The maximum absolute atomic E-state index is 12.5. The number of fused-ring (bicyclic) bond motifs is 1. The Balaban J connectivity index is 2.01. The third-order valence-corrected chi connectivity index (χ3v) is 3.87. The molecule has 2 amide bonds. The van der Waals surface area contributed by atoms with Crippen LogP contribution in [0.15, 0.2) is 54.2 Å². The van der Waals surface area contributed by atoms with Crippen LogP contribution in [0, 0.1) is 0 Å². The standard InChI is InChI=1S/C19H16N2O3/c1-20(2)14-7-5-6-13(10-14)11-15(12-22)21-18(23)16-8-3-4-9-17(16)19(21)24/h3-12H,1-2H3. The quantitative estimate of drug-likeness (QED) is 0.493. The van der Waals surface area contributed by atoms with Crippen LogP contribution in [0.2, 0.25) is 0 Å². The van der Waals surface area contributed by atoms with Gasteiger partial charge in [0.25, 0.3) is 11.8 Å². The van der Waals surface area contributed by atoms with Gasteiger partial charge in [0.05, 0.1) is 16.8 Å². The van der Waals surface area contributed by atoms with Gasteiger partial charge in [0.2, 0.25) is 0 Å². The van der Waals surface area contributed by atoms with E-state index in [0.717, 1.165) is 16.2 Å². The van der Waals surface area contributed by atoms with Crippen LogP contribution < -0.4 is 4.90 Å². The molecule has 0 radical (unpaired) electrons.